The van der Waals surface area contributed by atoms with E-state index < -0.39 is 22.1 Å². The van der Waals surface area contributed by atoms with Gasteiger partial charge in [-0.1, -0.05) is 59.4 Å². The van der Waals surface area contributed by atoms with E-state index in [2.05, 4.69) is 20.2 Å². The van der Waals surface area contributed by atoms with Crippen LogP contribution in [0.25, 0.3) is 10.6 Å². The van der Waals surface area contributed by atoms with Gasteiger partial charge in [-0.25, -0.2) is 8.42 Å². The number of nitrogens with two attached hydrogens (primary N) is 1. The van der Waals surface area contributed by atoms with Gasteiger partial charge in [0.1, 0.15) is 11.2 Å². The molecule has 3 rings (SSSR count). The van der Waals surface area contributed by atoms with Gasteiger partial charge in [0.25, 0.3) is 5.91 Å². The van der Waals surface area contributed by atoms with Crippen molar-refractivity contribution in [3.05, 3.63) is 60.2 Å². The number of aromatic nitrogens is 2. The number of amides is 1. The van der Waals surface area contributed by atoms with Gasteiger partial charge in [0.05, 0.1) is 4.90 Å². The number of aryl methyl sites for hydroxylation is 1. The molecular weight excluding hydrogens is 386 g/mol. The summed E-state index contributed by atoms with van der Waals surface area (Å²) in [6.07, 6.45) is -1.47. The molecule has 1 atom stereocenters. The van der Waals surface area contributed by atoms with E-state index in [1.165, 1.54) is 12.1 Å². The summed E-state index contributed by atoms with van der Waals surface area (Å²) >= 11 is 1.16. The summed E-state index contributed by atoms with van der Waals surface area (Å²) in [4.78, 5) is 12.2. The standard InChI is InChI=1S/C17H17N5O3S2/c1-11-7-9-12(10-8-11)16-20-21-17(26-16)19-15(23)14(18)22-27(24,25)13-5-3-2-4-6-13/h2-10,14,22H,18H2,1H3,(H,19,21,23). The molecule has 0 fully saturated rings. The van der Waals surface area contributed by atoms with Crippen LogP contribution in [0.2, 0.25) is 0 Å². The first-order valence-corrected chi connectivity index (χ1v) is 10.2. The minimum Gasteiger partial charge on any atom is -0.307 e. The van der Waals surface area contributed by atoms with Gasteiger partial charge in [0, 0.05) is 5.56 Å². The van der Waals surface area contributed by atoms with Crippen LogP contribution in [0.5, 0.6) is 0 Å². The van der Waals surface area contributed by atoms with Crippen molar-refractivity contribution in [2.24, 2.45) is 5.73 Å². The summed E-state index contributed by atoms with van der Waals surface area (Å²) in [6, 6.07) is 15.4. The zero-order valence-corrected chi connectivity index (χ0v) is 15.9. The van der Waals surface area contributed by atoms with E-state index in [0.717, 1.165) is 22.5 Å². The van der Waals surface area contributed by atoms with Crippen LogP contribution in [0.4, 0.5) is 5.13 Å². The molecule has 0 saturated carbocycles. The molecule has 0 radical (unpaired) electrons. The number of carbonyl (C=O) groups excluding carboxylic acids is 1. The third-order valence-electron chi connectivity index (χ3n) is 3.57. The van der Waals surface area contributed by atoms with Crippen molar-refractivity contribution < 1.29 is 13.2 Å². The lowest BCUT2D eigenvalue weighted by molar-refractivity contribution is -0.117. The Morgan fingerprint density at radius 3 is 2.41 bits per heavy atom. The second kappa shape index (κ2) is 7.92. The SMILES string of the molecule is Cc1ccc(-c2nnc(NC(=O)C(N)NS(=O)(=O)c3ccccc3)s2)cc1. The Labute approximate surface area is 160 Å². The Morgan fingerprint density at radius 1 is 1.07 bits per heavy atom. The molecule has 3 aromatic rings. The van der Waals surface area contributed by atoms with Gasteiger partial charge in [-0.15, -0.1) is 10.2 Å². The fourth-order valence-corrected chi connectivity index (χ4v) is 4.00. The Bertz CT molecular complexity index is 1030. The van der Waals surface area contributed by atoms with Crippen LogP contribution in [0.15, 0.2) is 59.5 Å². The van der Waals surface area contributed by atoms with E-state index in [9.17, 15) is 13.2 Å². The fourth-order valence-electron chi connectivity index (χ4n) is 2.16. The van der Waals surface area contributed by atoms with E-state index >= 15 is 0 Å². The molecule has 140 valence electrons. The maximum atomic E-state index is 12.2. The molecule has 0 bridgehead atoms. The predicted molar refractivity (Wildman–Crippen MR) is 103 cm³/mol. The summed E-state index contributed by atoms with van der Waals surface area (Å²) in [5.41, 5.74) is 7.66. The van der Waals surface area contributed by atoms with Crippen molar-refractivity contribution in [1.82, 2.24) is 14.9 Å². The van der Waals surface area contributed by atoms with Crippen molar-refractivity contribution in [2.45, 2.75) is 18.0 Å². The molecule has 8 nitrogen and oxygen atoms in total. The average Bonchev–Trinajstić information content (AvgIpc) is 3.11. The summed E-state index contributed by atoms with van der Waals surface area (Å²) in [7, 11) is -3.91. The summed E-state index contributed by atoms with van der Waals surface area (Å²) in [5, 5.41) is 11.2. The number of rotatable bonds is 6. The van der Waals surface area contributed by atoms with Crippen LogP contribution in [-0.4, -0.2) is 30.7 Å². The van der Waals surface area contributed by atoms with Gasteiger partial charge in [-0.05, 0) is 19.1 Å². The minimum absolute atomic E-state index is 0.0193. The van der Waals surface area contributed by atoms with E-state index in [4.69, 9.17) is 5.73 Å². The van der Waals surface area contributed by atoms with E-state index in [1.807, 2.05) is 31.2 Å². The molecule has 1 aromatic heterocycles. The Hall–Kier alpha value is -2.66. The quantitative estimate of drug-likeness (QED) is 0.538. The van der Waals surface area contributed by atoms with Gasteiger partial charge >= 0.3 is 0 Å². The predicted octanol–water partition coefficient (Wildman–Crippen LogP) is 1.72. The molecule has 1 unspecified atom stereocenters. The van der Waals surface area contributed by atoms with Crippen molar-refractivity contribution >= 4 is 32.4 Å². The fraction of sp³-hybridized carbons (Fsp3) is 0.118. The van der Waals surface area contributed by atoms with Gasteiger partial charge in [0.15, 0.2) is 0 Å². The molecule has 10 heteroatoms. The van der Waals surface area contributed by atoms with Crippen LogP contribution in [0.3, 0.4) is 0 Å². The molecule has 1 amide bonds. The largest absolute Gasteiger partial charge is 0.307 e. The highest BCUT2D eigenvalue weighted by molar-refractivity contribution is 7.89. The zero-order chi connectivity index (χ0) is 19.4. The maximum absolute atomic E-state index is 12.2. The highest BCUT2D eigenvalue weighted by atomic mass is 32.2. The summed E-state index contributed by atoms with van der Waals surface area (Å²) in [6.45, 7) is 1.98. The number of carbonyl (C=O) groups is 1. The maximum Gasteiger partial charge on any atom is 0.258 e. The number of hydrogen-bond donors (Lipinski definition) is 3. The first-order chi connectivity index (χ1) is 12.8. The number of nitrogens with zero attached hydrogens (tertiary/aromatic N) is 2. The second-order valence-electron chi connectivity index (χ2n) is 5.68. The van der Waals surface area contributed by atoms with Gasteiger partial charge in [-0.2, -0.15) is 4.72 Å². The van der Waals surface area contributed by atoms with Gasteiger partial charge in [-0.3, -0.25) is 10.1 Å². The topological polar surface area (TPSA) is 127 Å². The van der Waals surface area contributed by atoms with Crippen molar-refractivity contribution in [2.75, 3.05) is 5.32 Å². The molecule has 0 aliphatic heterocycles. The monoisotopic (exact) mass is 403 g/mol. The minimum atomic E-state index is -3.91. The number of benzene rings is 2. The molecule has 27 heavy (non-hydrogen) atoms. The lowest BCUT2D eigenvalue weighted by atomic mass is 10.2. The highest BCUT2D eigenvalue weighted by Gasteiger charge is 2.23. The van der Waals surface area contributed by atoms with Gasteiger partial charge in [0.2, 0.25) is 15.2 Å². The first kappa shape index (κ1) is 19.1. The van der Waals surface area contributed by atoms with Crippen molar-refractivity contribution in [3.8, 4) is 10.6 Å². The van der Waals surface area contributed by atoms with Crippen LogP contribution in [0, 0.1) is 6.92 Å². The summed E-state index contributed by atoms with van der Waals surface area (Å²) in [5.74, 6) is -0.735. The third-order valence-corrected chi connectivity index (χ3v) is 5.92. The number of nitrogens with one attached hydrogen (secondary N) is 2. The van der Waals surface area contributed by atoms with Crippen LogP contribution in [0.1, 0.15) is 5.56 Å². The van der Waals surface area contributed by atoms with Crippen LogP contribution in [-0.2, 0) is 14.8 Å². The van der Waals surface area contributed by atoms with E-state index in [0.29, 0.717) is 5.01 Å². The van der Waals surface area contributed by atoms with Gasteiger partial charge < -0.3 is 5.73 Å². The molecule has 0 aliphatic carbocycles. The Kier molecular flexibility index (Phi) is 5.61. The average molecular weight is 403 g/mol. The first-order valence-electron chi connectivity index (χ1n) is 7.89. The van der Waals surface area contributed by atoms with E-state index in [1.54, 1.807) is 18.2 Å². The molecule has 1 heterocycles. The molecule has 0 saturated heterocycles. The van der Waals surface area contributed by atoms with Crippen molar-refractivity contribution in [3.63, 3.8) is 0 Å². The summed E-state index contributed by atoms with van der Waals surface area (Å²) < 4.78 is 26.6. The lowest BCUT2D eigenvalue weighted by Gasteiger charge is -2.13. The Balaban J connectivity index is 1.66. The molecule has 0 aliphatic rings. The molecule has 2 aromatic carbocycles. The smallest absolute Gasteiger partial charge is 0.258 e. The number of anilines is 1. The van der Waals surface area contributed by atoms with Crippen LogP contribution >= 0.6 is 11.3 Å². The van der Waals surface area contributed by atoms with Crippen molar-refractivity contribution in [1.29, 1.82) is 0 Å². The lowest BCUT2D eigenvalue weighted by Crippen LogP contribution is -2.49. The normalized spacial score (nSPS) is 12.5. The molecular formula is C17H17N5O3S2. The number of hydrogen-bond acceptors (Lipinski definition) is 7. The third kappa shape index (κ3) is 4.74. The number of sulfonamides is 1. The van der Waals surface area contributed by atoms with E-state index in [-0.39, 0.29) is 10.0 Å². The van der Waals surface area contributed by atoms with Crippen LogP contribution < -0.4 is 15.8 Å². The second-order valence-corrected chi connectivity index (χ2v) is 8.37. The molecule has 0 spiro atoms. The Morgan fingerprint density at radius 2 is 1.74 bits per heavy atom. The highest BCUT2D eigenvalue weighted by Crippen LogP contribution is 2.26. The zero-order valence-electron chi connectivity index (χ0n) is 14.3. The molecule has 4 N–H and O–H groups in total.